The second kappa shape index (κ2) is 5.05. The highest BCUT2D eigenvalue weighted by Gasteiger charge is 2.16. The zero-order valence-electron chi connectivity index (χ0n) is 10.6. The minimum absolute atomic E-state index is 0.0391. The van der Waals surface area contributed by atoms with E-state index < -0.39 is 5.97 Å². The fraction of sp³-hybridized carbons (Fsp3) is 0.0667. The first-order valence-electron chi connectivity index (χ1n) is 6.13. The lowest BCUT2D eigenvalue weighted by atomic mass is 10.3. The van der Waals surface area contributed by atoms with Crippen molar-refractivity contribution in [2.45, 2.75) is 6.61 Å². The highest BCUT2D eigenvalue weighted by Crippen LogP contribution is 2.16. The Morgan fingerprint density at radius 1 is 1.15 bits per heavy atom. The standard InChI is InChI=1S/C15H12N2O3/c18-15(19)14-12-8-4-5-9-17(12)13(16-14)10-20-11-6-2-1-3-7-11/h1-9H,10H2,(H,18,19). The Morgan fingerprint density at radius 3 is 2.65 bits per heavy atom. The molecule has 0 bridgehead atoms. The molecule has 20 heavy (non-hydrogen) atoms. The lowest BCUT2D eigenvalue weighted by Crippen LogP contribution is -2.01. The Morgan fingerprint density at radius 2 is 1.90 bits per heavy atom. The molecule has 5 nitrogen and oxygen atoms in total. The van der Waals surface area contributed by atoms with Crippen LogP contribution in [0.15, 0.2) is 54.7 Å². The van der Waals surface area contributed by atoms with E-state index in [1.165, 1.54) is 0 Å². The lowest BCUT2D eigenvalue weighted by molar-refractivity contribution is 0.0693. The number of aromatic carboxylic acids is 1. The van der Waals surface area contributed by atoms with E-state index >= 15 is 0 Å². The zero-order chi connectivity index (χ0) is 13.9. The van der Waals surface area contributed by atoms with Gasteiger partial charge in [0.2, 0.25) is 0 Å². The van der Waals surface area contributed by atoms with E-state index in [4.69, 9.17) is 9.84 Å². The minimum atomic E-state index is -1.04. The summed E-state index contributed by atoms with van der Waals surface area (Å²) < 4.78 is 7.35. The van der Waals surface area contributed by atoms with Gasteiger partial charge in [-0.2, -0.15) is 0 Å². The third-order valence-corrected chi connectivity index (χ3v) is 2.94. The molecule has 2 heterocycles. The Bertz CT molecular complexity index is 750. The summed E-state index contributed by atoms with van der Waals surface area (Å²) in [6, 6.07) is 14.7. The van der Waals surface area contributed by atoms with Gasteiger partial charge < -0.3 is 9.84 Å². The lowest BCUT2D eigenvalue weighted by Gasteiger charge is -2.04. The number of para-hydroxylation sites is 1. The first-order chi connectivity index (χ1) is 9.75. The third-order valence-electron chi connectivity index (χ3n) is 2.94. The van der Waals surface area contributed by atoms with Gasteiger partial charge in [0.15, 0.2) is 11.5 Å². The molecule has 0 fully saturated rings. The topological polar surface area (TPSA) is 63.8 Å². The molecule has 0 amide bonds. The summed E-state index contributed by atoms with van der Waals surface area (Å²) in [5.41, 5.74) is 0.601. The summed E-state index contributed by atoms with van der Waals surface area (Å²) in [7, 11) is 0. The Hall–Kier alpha value is -2.82. The average molecular weight is 268 g/mol. The molecule has 0 aliphatic heterocycles. The predicted octanol–water partition coefficient (Wildman–Crippen LogP) is 2.61. The summed E-state index contributed by atoms with van der Waals surface area (Å²) in [6.45, 7) is 0.211. The van der Waals surface area contributed by atoms with Crippen LogP contribution in [0.3, 0.4) is 0 Å². The van der Waals surface area contributed by atoms with E-state index in [1.54, 1.807) is 22.7 Å². The molecule has 3 aromatic rings. The highest BCUT2D eigenvalue weighted by molar-refractivity contribution is 5.93. The largest absolute Gasteiger partial charge is 0.486 e. The molecule has 100 valence electrons. The van der Waals surface area contributed by atoms with E-state index in [1.807, 2.05) is 36.4 Å². The number of carbonyl (C=O) groups is 1. The van der Waals surface area contributed by atoms with Gasteiger partial charge in [0.25, 0.3) is 0 Å². The molecular formula is C15H12N2O3. The average Bonchev–Trinajstić information content (AvgIpc) is 2.85. The van der Waals surface area contributed by atoms with Crippen molar-refractivity contribution in [3.63, 3.8) is 0 Å². The monoisotopic (exact) mass is 268 g/mol. The van der Waals surface area contributed by atoms with Gasteiger partial charge in [-0.1, -0.05) is 24.3 Å². The minimum Gasteiger partial charge on any atom is -0.486 e. The van der Waals surface area contributed by atoms with Crippen LogP contribution in [-0.2, 0) is 6.61 Å². The van der Waals surface area contributed by atoms with Crippen LogP contribution in [0.1, 0.15) is 16.3 Å². The van der Waals surface area contributed by atoms with Gasteiger partial charge in [-0.25, -0.2) is 9.78 Å². The number of carboxylic acid groups (broad SMARTS) is 1. The second-order valence-electron chi connectivity index (χ2n) is 4.24. The first-order valence-corrected chi connectivity index (χ1v) is 6.13. The molecule has 0 spiro atoms. The molecule has 0 unspecified atom stereocenters. The Kier molecular flexibility index (Phi) is 3.09. The maximum atomic E-state index is 11.2. The highest BCUT2D eigenvalue weighted by atomic mass is 16.5. The second-order valence-corrected chi connectivity index (χ2v) is 4.24. The number of rotatable bonds is 4. The predicted molar refractivity (Wildman–Crippen MR) is 72.9 cm³/mol. The van der Waals surface area contributed by atoms with Crippen LogP contribution in [0, 0.1) is 0 Å². The molecule has 3 rings (SSSR count). The van der Waals surface area contributed by atoms with Crippen molar-refractivity contribution in [3.05, 3.63) is 66.2 Å². The van der Waals surface area contributed by atoms with E-state index in [9.17, 15) is 4.79 Å². The van der Waals surface area contributed by atoms with Crippen LogP contribution in [-0.4, -0.2) is 20.5 Å². The van der Waals surface area contributed by atoms with Crippen molar-refractivity contribution in [2.75, 3.05) is 0 Å². The SMILES string of the molecule is O=C(O)c1nc(COc2ccccc2)n2ccccc12. The van der Waals surface area contributed by atoms with Crippen molar-refractivity contribution in [2.24, 2.45) is 0 Å². The molecular weight excluding hydrogens is 256 g/mol. The first kappa shape index (κ1) is 12.2. The molecule has 0 atom stereocenters. The van der Waals surface area contributed by atoms with Crippen LogP contribution >= 0.6 is 0 Å². The molecule has 0 aliphatic carbocycles. The zero-order valence-corrected chi connectivity index (χ0v) is 10.6. The Labute approximate surface area is 115 Å². The molecule has 0 saturated carbocycles. The molecule has 0 radical (unpaired) electrons. The van der Waals surface area contributed by atoms with E-state index in [2.05, 4.69) is 4.98 Å². The fourth-order valence-corrected chi connectivity index (χ4v) is 2.03. The molecule has 0 saturated heterocycles. The normalized spacial score (nSPS) is 10.6. The van der Waals surface area contributed by atoms with Gasteiger partial charge in [-0.3, -0.25) is 4.40 Å². The van der Waals surface area contributed by atoms with Crippen molar-refractivity contribution in [1.82, 2.24) is 9.38 Å². The third kappa shape index (κ3) is 2.21. The fourth-order valence-electron chi connectivity index (χ4n) is 2.03. The van der Waals surface area contributed by atoms with Gasteiger partial charge in [-0.15, -0.1) is 0 Å². The van der Waals surface area contributed by atoms with Gasteiger partial charge >= 0.3 is 5.97 Å². The number of imidazole rings is 1. The number of hydrogen-bond donors (Lipinski definition) is 1. The summed E-state index contributed by atoms with van der Waals surface area (Å²) in [6.07, 6.45) is 1.78. The number of carboxylic acids is 1. The smallest absolute Gasteiger partial charge is 0.356 e. The van der Waals surface area contributed by atoms with Gasteiger partial charge in [0.05, 0.1) is 5.52 Å². The summed E-state index contributed by atoms with van der Waals surface area (Å²) >= 11 is 0. The van der Waals surface area contributed by atoms with Crippen molar-refractivity contribution >= 4 is 11.5 Å². The Balaban J connectivity index is 1.94. The van der Waals surface area contributed by atoms with Crippen LogP contribution in [0.25, 0.3) is 5.52 Å². The number of ether oxygens (including phenoxy) is 1. The van der Waals surface area contributed by atoms with Crippen molar-refractivity contribution in [1.29, 1.82) is 0 Å². The van der Waals surface area contributed by atoms with Gasteiger partial charge in [0, 0.05) is 6.20 Å². The summed E-state index contributed by atoms with van der Waals surface area (Å²) in [5.74, 6) is 0.235. The number of fused-ring (bicyclic) bond motifs is 1. The number of nitrogens with zero attached hydrogens (tertiary/aromatic N) is 2. The van der Waals surface area contributed by atoms with Crippen LogP contribution < -0.4 is 4.74 Å². The van der Waals surface area contributed by atoms with Gasteiger partial charge in [-0.05, 0) is 24.3 Å². The number of hydrogen-bond acceptors (Lipinski definition) is 3. The molecule has 1 aromatic carbocycles. The van der Waals surface area contributed by atoms with Crippen LogP contribution in [0.4, 0.5) is 0 Å². The number of pyridine rings is 1. The van der Waals surface area contributed by atoms with E-state index in [0.29, 0.717) is 11.3 Å². The van der Waals surface area contributed by atoms with Crippen molar-refractivity contribution < 1.29 is 14.6 Å². The summed E-state index contributed by atoms with van der Waals surface area (Å²) in [5, 5.41) is 9.16. The van der Waals surface area contributed by atoms with Crippen LogP contribution in [0.5, 0.6) is 5.75 Å². The summed E-state index contributed by atoms with van der Waals surface area (Å²) in [4.78, 5) is 15.3. The maximum Gasteiger partial charge on any atom is 0.356 e. The van der Waals surface area contributed by atoms with Crippen LogP contribution in [0.2, 0.25) is 0 Å². The quantitative estimate of drug-likeness (QED) is 0.790. The molecule has 5 heteroatoms. The molecule has 2 aromatic heterocycles. The number of benzene rings is 1. The van der Waals surface area contributed by atoms with Gasteiger partial charge in [0.1, 0.15) is 12.4 Å². The molecule has 0 aliphatic rings. The maximum absolute atomic E-state index is 11.2. The molecule has 1 N–H and O–H groups in total. The van der Waals surface area contributed by atoms with Crippen molar-refractivity contribution in [3.8, 4) is 5.75 Å². The van der Waals surface area contributed by atoms with E-state index in [0.717, 1.165) is 5.75 Å². The van der Waals surface area contributed by atoms with E-state index in [-0.39, 0.29) is 12.3 Å². The number of aromatic nitrogens is 2.